The Balaban J connectivity index is 1.55. The van der Waals surface area contributed by atoms with E-state index in [-0.39, 0.29) is 16.9 Å². The van der Waals surface area contributed by atoms with E-state index in [1.807, 2.05) is 12.1 Å². The monoisotopic (exact) mass is 378 g/mol. The summed E-state index contributed by atoms with van der Waals surface area (Å²) < 4.78 is 7.64. The quantitative estimate of drug-likeness (QED) is 0.830. The number of hydrogen-bond acceptors (Lipinski definition) is 5. The number of hydrogen-bond donors (Lipinski definition) is 1. The van der Waals surface area contributed by atoms with Gasteiger partial charge in [-0.15, -0.1) is 5.10 Å². The van der Waals surface area contributed by atoms with Gasteiger partial charge < -0.3 is 10.1 Å². The number of nitrogens with zero attached hydrogens (tertiary/aromatic N) is 3. The van der Waals surface area contributed by atoms with Crippen LogP contribution >= 0.6 is 15.9 Å². The summed E-state index contributed by atoms with van der Waals surface area (Å²) in [4.78, 5) is 16.4. The second-order valence-corrected chi connectivity index (χ2v) is 7.56. The molecule has 2 heterocycles. The first kappa shape index (κ1) is 14.9. The Labute approximate surface area is 142 Å². The molecule has 3 fully saturated rings. The van der Waals surface area contributed by atoms with E-state index in [0.29, 0.717) is 0 Å². The van der Waals surface area contributed by atoms with E-state index in [1.165, 1.54) is 7.11 Å². The van der Waals surface area contributed by atoms with Crippen LogP contribution in [0, 0.1) is 5.41 Å². The van der Waals surface area contributed by atoms with Gasteiger partial charge in [-0.1, -0.05) is 0 Å². The Hall–Kier alpha value is -1.63. The number of ether oxygens (including phenoxy) is 1. The van der Waals surface area contributed by atoms with Crippen molar-refractivity contribution in [2.75, 3.05) is 12.4 Å². The Morgan fingerprint density at radius 3 is 2.61 bits per heavy atom. The first-order valence-electron chi connectivity index (χ1n) is 7.93. The van der Waals surface area contributed by atoms with Crippen molar-refractivity contribution in [3.8, 4) is 0 Å². The fourth-order valence-corrected chi connectivity index (χ4v) is 4.44. The van der Waals surface area contributed by atoms with E-state index >= 15 is 0 Å². The number of aromatic nitrogens is 3. The van der Waals surface area contributed by atoms with Gasteiger partial charge in [-0.25, -0.2) is 9.50 Å². The summed E-state index contributed by atoms with van der Waals surface area (Å²) in [5, 5.41) is 8.24. The van der Waals surface area contributed by atoms with E-state index in [9.17, 15) is 4.79 Å². The molecular formula is C16H19BrN4O2. The van der Waals surface area contributed by atoms with Crippen LogP contribution in [-0.2, 0) is 9.53 Å². The normalized spacial score (nSPS) is 29.7. The van der Waals surface area contributed by atoms with Crippen LogP contribution in [0.5, 0.6) is 0 Å². The Bertz CT molecular complexity index is 748. The molecule has 0 radical (unpaired) electrons. The third-order valence-electron chi connectivity index (χ3n) is 5.58. The predicted molar refractivity (Wildman–Crippen MR) is 89.2 cm³/mol. The molecule has 2 aromatic heterocycles. The summed E-state index contributed by atoms with van der Waals surface area (Å²) in [6, 6.07) is 3.93. The molecule has 0 spiro atoms. The fourth-order valence-electron chi connectivity index (χ4n) is 4.08. The van der Waals surface area contributed by atoms with Crippen molar-refractivity contribution in [2.45, 2.75) is 44.1 Å². The summed E-state index contributed by atoms with van der Waals surface area (Å²) in [6.45, 7) is 0. The molecule has 2 aromatic rings. The molecule has 3 saturated carbocycles. The van der Waals surface area contributed by atoms with Crippen molar-refractivity contribution >= 4 is 33.4 Å². The van der Waals surface area contributed by atoms with Gasteiger partial charge in [0.1, 0.15) is 10.4 Å². The fraction of sp³-hybridized carbons (Fsp3) is 0.562. The first-order chi connectivity index (χ1) is 11.1. The summed E-state index contributed by atoms with van der Waals surface area (Å²) in [7, 11) is 1.49. The third-order valence-corrected chi connectivity index (χ3v) is 6.12. The van der Waals surface area contributed by atoms with E-state index in [0.717, 1.165) is 54.6 Å². The second kappa shape index (κ2) is 5.19. The van der Waals surface area contributed by atoms with Crippen LogP contribution in [-0.4, -0.2) is 33.2 Å². The largest absolute Gasteiger partial charge is 0.469 e. The zero-order chi connectivity index (χ0) is 16.1. The van der Waals surface area contributed by atoms with Gasteiger partial charge in [0.2, 0.25) is 0 Å². The van der Waals surface area contributed by atoms with Gasteiger partial charge in [0.25, 0.3) is 0 Å². The van der Waals surface area contributed by atoms with Crippen LogP contribution in [0.3, 0.4) is 0 Å². The number of esters is 1. The summed E-state index contributed by atoms with van der Waals surface area (Å²) in [5.74, 6) is 0.816. The lowest BCUT2D eigenvalue weighted by molar-refractivity contribution is -0.159. The van der Waals surface area contributed by atoms with Gasteiger partial charge in [0.05, 0.1) is 18.7 Å². The first-order valence-corrected chi connectivity index (χ1v) is 8.72. The topological polar surface area (TPSA) is 68.5 Å². The number of halogens is 1. The van der Waals surface area contributed by atoms with Crippen LogP contribution in [0.25, 0.3) is 5.65 Å². The van der Waals surface area contributed by atoms with Crippen molar-refractivity contribution in [3.05, 3.63) is 22.9 Å². The van der Waals surface area contributed by atoms with Gasteiger partial charge in [-0.05, 0) is 66.6 Å². The zero-order valence-electron chi connectivity index (χ0n) is 13.0. The predicted octanol–water partition coefficient (Wildman–Crippen LogP) is 3.17. The number of carbonyl (C=O) groups is 1. The van der Waals surface area contributed by atoms with E-state index in [2.05, 4.69) is 31.3 Å². The minimum atomic E-state index is -0.247. The molecule has 122 valence electrons. The average molecular weight is 379 g/mol. The number of anilines is 1. The molecule has 3 aliphatic rings. The number of carbonyl (C=O) groups excluding carboxylic acids is 1. The van der Waals surface area contributed by atoms with Crippen LogP contribution in [0.4, 0.5) is 5.82 Å². The number of imidazole rings is 1. The number of fused-ring (bicyclic) bond motifs is 4. The molecule has 7 heteroatoms. The molecule has 0 aliphatic heterocycles. The molecule has 5 rings (SSSR count). The maximum Gasteiger partial charge on any atom is 0.311 e. The van der Waals surface area contributed by atoms with Crippen molar-refractivity contribution in [3.63, 3.8) is 0 Å². The van der Waals surface area contributed by atoms with Crippen LogP contribution in [0.1, 0.15) is 38.5 Å². The zero-order valence-corrected chi connectivity index (χ0v) is 14.6. The second-order valence-electron chi connectivity index (χ2n) is 6.75. The number of rotatable bonds is 3. The molecule has 23 heavy (non-hydrogen) atoms. The standard InChI is InChI=1S/C16H19BrN4O2/c1-23-14(22)15-4-7-16(8-5-15,9-6-15)19-12-2-3-13-18-10-11(17)21(13)20-12/h2-3,10H,4-9H2,1H3,(H,19,20). The Morgan fingerprint density at radius 2 is 1.96 bits per heavy atom. The van der Waals surface area contributed by atoms with E-state index in [1.54, 1.807) is 10.7 Å². The maximum absolute atomic E-state index is 12.1. The Morgan fingerprint density at radius 1 is 1.26 bits per heavy atom. The average Bonchev–Trinajstić information content (AvgIpc) is 2.96. The minimum Gasteiger partial charge on any atom is -0.469 e. The van der Waals surface area contributed by atoms with Crippen LogP contribution in [0.15, 0.2) is 22.9 Å². The number of methoxy groups -OCH3 is 1. The molecule has 2 bridgehead atoms. The van der Waals surface area contributed by atoms with Crippen molar-refractivity contribution in [1.29, 1.82) is 0 Å². The summed E-state index contributed by atoms with van der Waals surface area (Å²) in [6.07, 6.45) is 7.36. The molecule has 0 amide bonds. The highest BCUT2D eigenvalue weighted by Gasteiger charge is 2.53. The molecule has 6 nitrogen and oxygen atoms in total. The van der Waals surface area contributed by atoms with Crippen molar-refractivity contribution < 1.29 is 9.53 Å². The molecule has 0 aromatic carbocycles. The smallest absolute Gasteiger partial charge is 0.311 e. The molecular weight excluding hydrogens is 360 g/mol. The summed E-state index contributed by atoms with van der Waals surface area (Å²) >= 11 is 3.45. The van der Waals surface area contributed by atoms with Gasteiger partial charge in [0.15, 0.2) is 5.65 Å². The van der Waals surface area contributed by atoms with Crippen molar-refractivity contribution in [1.82, 2.24) is 14.6 Å². The SMILES string of the molecule is COC(=O)C12CCC(Nc3ccc4ncc(Br)n4n3)(CC1)CC2. The Kier molecular flexibility index (Phi) is 3.37. The van der Waals surface area contributed by atoms with Crippen LogP contribution < -0.4 is 5.32 Å². The van der Waals surface area contributed by atoms with Gasteiger partial charge in [0, 0.05) is 5.54 Å². The highest BCUT2D eigenvalue weighted by atomic mass is 79.9. The molecule has 0 unspecified atom stereocenters. The molecule has 0 atom stereocenters. The lowest BCUT2D eigenvalue weighted by Gasteiger charge is -2.52. The third kappa shape index (κ3) is 2.33. The molecule has 0 saturated heterocycles. The lowest BCUT2D eigenvalue weighted by atomic mass is 9.57. The van der Waals surface area contributed by atoms with Gasteiger partial charge in [-0.3, -0.25) is 4.79 Å². The lowest BCUT2D eigenvalue weighted by Crippen LogP contribution is -2.53. The minimum absolute atomic E-state index is 0.0345. The molecule has 1 N–H and O–H groups in total. The highest BCUT2D eigenvalue weighted by molar-refractivity contribution is 9.10. The van der Waals surface area contributed by atoms with E-state index in [4.69, 9.17) is 4.74 Å². The van der Waals surface area contributed by atoms with E-state index < -0.39 is 0 Å². The van der Waals surface area contributed by atoms with Crippen molar-refractivity contribution in [2.24, 2.45) is 5.41 Å². The van der Waals surface area contributed by atoms with Gasteiger partial charge in [-0.2, -0.15) is 0 Å². The maximum atomic E-state index is 12.1. The molecule has 3 aliphatic carbocycles. The van der Waals surface area contributed by atoms with Gasteiger partial charge >= 0.3 is 5.97 Å². The highest BCUT2D eigenvalue weighted by Crippen LogP contribution is 2.53. The number of nitrogens with one attached hydrogen (secondary N) is 1. The summed E-state index contributed by atoms with van der Waals surface area (Å²) in [5.41, 5.74) is 0.615. The van der Waals surface area contributed by atoms with Crippen LogP contribution in [0.2, 0.25) is 0 Å².